The zero-order chi connectivity index (χ0) is 9.68. The van der Waals surface area contributed by atoms with Crippen LogP contribution in [-0.4, -0.2) is 12.3 Å². The highest BCUT2D eigenvalue weighted by atomic mass is 32.1. The normalized spacial score (nSPS) is 10.1. The van der Waals surface area contributed by atoms with Crippen LogP contribution < -0.4 is 5.32 Å². The van der Waals surface area contributed by atoms with E-state index in [-0.39, 0.29) is 0 Å². The summed E-state index contributed by atoms with van der Waals surface area (Å²) in [7, 11) is 0. The summed E-state index contributed by atoms with van der Waals surface area (Å²) in [6.45, 7) is 0.645. The highest BCUT2D eigenvalue weighted by molar-refractivity contribution is 7.80. The largest absolute Gasteiger partial charge is 0.383 e. The van der Waals surface area contributed by atoms with Crippen LogP contribution >= 0.6 is 12.6 Å². The first kappa shape index (κ1) is 10.3. The number of benzene rings is 1. The van der Waals surface area contributed by atoms with Crippen molar-refractivity contribution in [2.75, 3.05) is 17.6 Å². The van der Waals surface area contributed by atoms with E-state index in [9.17, 15) is 8.78 Å². The first-order valence-electron chi connectivity index (χ1n) is 4.04. The Labute approximate surface area is 81.6 Å². The average Bonchev–Trinajstić information content (AvgIpc) is 2.09. The number of anilines is 1. The number of nitrogens with one attached hydrogen (secondary N) is 1. The van der Waals surface area contributed by atoms with Gasteiger partial charge in [-0.05, 0) is 24.3 Å². The van der Waals surface area contributed by atoms with Crippen molar-refractivity contribution in [2.24, 2.45) is 0 Å². The van der Waals surface area contributed by atoms with Gasteiger partial charge in [-0.3, -0.25) is 0 Å². The maximum Gasteiger partial charge on any atom is 0.149 e. The van der Waals surface area contributed by atoms with Gasteiger partial charge < -0.3 is 5.32 Å². The summed E-state index contributed by atoms with van der Waals surface area (Å²) < 4.78 is 25.4. The van der Waals surface area contributed by atoms with Crippen LogP contribution in [0.2, 0.25) is 0 Å². The SMILES string of the molecule is Fc1ccc(NCCCS)c(F)c1. The zero-order valence-electron chi connectivity index (χ0n) is 7.06. The van der Waals surface area contributed by atoms with Gasteiger partial charge in [0, 0.05) is 12.6 Å². The third kappa shape index (κ3) is 3.22. The molecule has 0 unspecified atom stereocenters. The number of thiol groups is 1. The number of hydrogen-bond donors (Lipinski definition) is 2. The summed E-state index contributed by atoms with van der Waals surface area (Å²) in [6.07, 6.45) is 0.847. The molecule has 1 aromatic rings. The van der Waals surface area contributed by atoms with Crippen molar-refractivity contribution in [1.82, 2.24) is 0 Å². The van der Waals surface area contributed by atoms with E-state index in [0.29, 0.717) is 12.2 Å². The summed E-state index contributed by atoms with van der Waals surface area (Å²) in [6, 6.07) is 3.48. The first-order valence-corrected chi connectivity index (χ1v) is 4.67. The molecule has 0 saturated carbocycles. The van der Waals surface area contributed by atoms with E-state index in [0.717, 1.165) is 18.2 Å². The molecule has 0 heterocycles. The van der Waals surface area contributed by atoms with E-state index in [2.05, 4.69) is 17.9 Å². The van der Waals surface area contributed by atoms with Crippen LogP contribution in [-0.2, 0) is 0 Å². The predicted octanol–water partition coefficient (Wildman–Crippen LogP) is 2.70. The number of halogens is 2. The van der Waals surface area contributed by atoms with Crippen LogP contribution in [0, 0.1) is 11.6 Å². The third-order valence-corrected chi connectivity index (χ3v) is 1.90. The van der Waals surface area contributed by atoms with Crippen molar-refractivity contribution in [3.8, 4) is 0 Å². The Hall–Kier alpha value is -0.770. The van der Waals surface area contributed by atoms with Gasteiger partial charge in [0.25, 0.3) is 0 Å². The lowest BCUT2D eigenvalue weighted by Gasteiger charge is -2.05. The second kappa shape index (κ2) is 5.07. The van der Waals surface area contributed by atoms with Gasteiger partial charge in [-0.15, -0.1) is 0 Å². The van der Waals surface area contributed by atoms with Gasteiger partial charge in [0.05, 0.1) is 5.69 Å². The average molecular weight is 203 g/mol. The van der Waals surface area contributed by atoms with Crippen molar-refractivity contribution in [1.29, 1.82) is 0 Å². The van der Waals surface area contributed by atoms with Crippen LogP contribution in [0.5, 0.6) is 0 Å². The summed E-state index contributed by atoms with van der Waals surface area (Å²) in [5.41, 5.74) is 0.336. The summed E-state index contributed by atoms with van der Waals surface area (Å²) in [4.78, 5) is 0. The molecule has 0 fully saturated rings. The Morgan fingerprint density at radius 2 is 2.08 bits per heavy atom. The van der Waals surface area contributed by atoms with Crippen molar-refractivity contribution in [2.45, 2.75) is 6.42 Å². The molecule has 4 heteroatoms. The standard InChI is InChI=1S/C9H11F2NS/c10-7-2-3-9(8(11)6-7)12-4-1-5-13/h2-3,6,12-13H,1,4-5H2. The lowest BCUT2D eigenvalue weighted by atomic mass is 10.3. The van der Waals surface area contributed by atoms with Crippen molar-refractivity contribution >= 4 is 18.3 Å². The first-order chi connectivity index (χ1) is 6.24. The molecule has 0 aliphatic carbocycles. The third-order valence-electron chi connectivity index (χ3n) is 1.58. The minimum absolute atomic E-state index is 0.336. The Morgan fingerprint density at radius 1 is 1.31 bits per heavy atom. The molecule has 0 aliphatic heterocycles. The van der Waals surface area contributed by atoms with Crippen LogP contribution in [0.15, 0.2) is 18.2 Å². The van der Waals surface area contributed by atoms with Gasteiger partial charge in [-0.1, -0.05) is 0 Å². The molecular weight excluding hydrogens is 192 g/mol. The topological polar surface area (TPSA) is 12.0 Å². The van der Waals surface area contributed by atoms with Crippen LogP contribution in [0.4, 0.5) is 14.5 Å². The van der Waals surface area contributed by atoms with Crippen molar-refractivity contribution in [3.05, 3.63) is 29.8 Å². The quantitative estimate of drug-likeness (QED) is 0.566. The predicted molar refractivity (Wildman–Crippen MR) is 53.3 cm³/mol. The van der Waals surface area contributed by atoms with Crippen LogP contribution in [0.25, 0.3) is 0 Å². The Morgan fingerprint density at radius 3 is 2.69 bits per heavy atom. The highest BCUT2D eigenvalue weighted by Crippen LogP contribution is 2.14. The van der Waals surface area contributed by atoms with Gasteiger partial charge in [0.2, 0.25) is 0 Å². The molecule has 72 valence electrons. The molecule has 1 rings (SSSR count). The minimum Gasteiger partial charge on any atom is -0.383 e. The molecular formula is C9H11F2NS. The van der Waals surface area contributed by atoms with Gasteiger partial charge >= 0.3 is 0 Å². The fourth-order valence-corrected chi connectivity index (χ4v) is 1.09. The molecule has 0 saturated heterocycles. The zero-order valence-corrected chi connectivity index (χ0v) is 7.95. The second-order valence-corrected chi connectivity index (χ2v) is 3.08. The van der Waals surface area contributed by atoms with Crippen LogP contribution in [0.3, 0.4) is 0 Å². The van der Waals surface area contributed by atoms with Gasteiger partial charge in [-0.25, -0.2) is 8.78 Å². The number of rotatable bonds is 4. The van der Waals surface area contributed by atoms with Crippen molar-refractivity contribution in [3.63, 3.8) is 0 Å². The molecule has 1 aromatic carbocycles. The van der Waals surface area contributed by atoms with E-state index < -0.39 is 11.6 Å². The van der Waals surface area contributed by atoms with Crippen LogP contribution in [0.1, 0.15) is 6.42 Å². The van der Waals surface area contributed by atoms with E-state index >= 15 is 0 Å². The molecule has 0 radical (unpaired) electrons. The molecule has 0 atom stereocenters. The fraction of sp³-hybridized carbons (Fsp3) is 0.333. The smallest absolute Gasteiger partial charge is 0.149 e. The van der Waals surface area contributed by atoms with E-state index in [1.54, 1.807) is 0 Å². The molecule has 13 heavy (non-hydrogen) atoms. The minimum atomic E-state index is -0.558. The van der Waals surface area contributed by atoms with Crippen molar-refractivity contribution < 1.29 is 8.78 Å². The molecule has 0 spiro atoms. The molecule has 1 nitrogen and oxygen atoms in total. The Balaban J connectivity index is 2.56. The molecule has 0 amide bonds. The van der Waals surface area contributed by atoms with Gasteiger partial charge in [-0.2, -0.15) is 12.6 Å². The highest BCUT2D eigenvalue weighted by Gasteiger charge is 2.01. The van der Waals surface area contributed by atoms with E-state index in [4.69, 9.17) is 0 Å². The Kier molecular flexibility index (Phi) is 4.02. The van der Waals surface area contributed by atoms with Gasteiger partial charge in [0.1, 0.15) is 11.6 Å². The summed E-state index contributed by atoms with van der Waals surface area (Å²) in [5.74, 6) is -0.369. The second-order valence-electron chi connectivity index (χ2n) is 2.63. The monoisotopic (exact) mass is 203 g/mol. The molecule has 0 bridgehead atoms. The number of hydrogen-bond acceptors (Lipinski definition) is 2. The van der Waals surface area contributed by atoms with Gasteiger partial charge in [0.15, 0.2) is 0 Å². The lowest BCUT2D eigenvalue weighted by Crippen LogP contribution is -2.03. The maximum atomic E-state index is 13.0. The van der Waals surface area contributed by atoms with E-state index in [1.165, 1.54) is 12.1 Å². The molecule has 0 aliphatic rings. The fourth-order valence-electron chi connectivity index (χ4n) is 0.935. The molecule has 1 N–H and O–H groups in total. The lowest BCUT2D eigenvalue weighted by molar-refractivity contribution is 0.585. The maximum absolute atomic E-state index is 13.0. The van der Waals surface area contributed by atoms with E-state index in [1.807, 2.05) is 0 Å². The molecule has 0 aromatic heterocycles. The summed E-state index contributed by atoms with van der Waals surface area (Å²) in [5, 5.41) is 2.85. The summed E-state index contributed by atoms with van der Waals surface area (Å²) >= 11 is 4.02. The Bertz CT molecular complexity index is 278.